The molecule has 6 nitrogen and oxygen atoms in total. The Morgan fingerprint density at radius 1 is 1.19 bits per heavy atom. The lowest BCUT2D eigenvalue weighted by Crippen LogP contribution is -2.30. The van der Waals surface area contributed by atoms with Gasteiger partial charge in [0.1, 0.15) is 0 Å². The van der Waals surface area contributed by atoms with E-state index in [2.05, 4.69) is 15.9 Å². The lowest BCUT2D eigenvalue weighted by molar-refractivity contribution is -0.117. The molecular weight excluding hydrogens is 492 g/mol. The first-order valence-corrected chi connectivity index (χ1v) is 11.4. The van der Waals surface area contributed by atoms with Crippen LogP contribution in [-0.4, -0.2) is 21.8 Å². The molecule has 160 valence electrons. The van der Waals surface area contributed by atoms with Crippen LogP contribution in [0.4, 0.5) is 5.13 Å². The molecular formula is C24H17BrN2O4S. The number of Topliss-reactive ketones (excluding diaryl/α,β-unsaturated/α-hetero) is 1. The maximum Gasteiger partial charge on any atom is 0.296 e. The zero-order chi connectivity index (χ0) is 22.6. The topological polar surface area (TPSA) is 83.6 Å². The highest BCUT2D eigenvalue weighted by Crippen LogP contribution is 2.44. The Kier molecular flexibility index (Phi) is 4.98. The number of aliphatic hydroxyl groups excluding tert-OH is 1. The zero-order valence-corrected chi connectivity index (χ0v) is 19.5. The quantitative estimate of drug-likeness (QED) is 0.339. The van der Waals surface area contributed by atoms with Crippen LogP contribution in [0.3, 0.4) is 0 Å². The first-order valence-electron chi connectivity index (χ1n) is 9.83. The second-order valence-corrected chi connectivity index (χ2v) is 9.55. The molecule has 1 aliphatic heterocycles. The number of hydrogen-bond donors (Lipinski definition) is 1. The van der Waals surface area contributed by atoms with Gasteiger partial charge in [-0.1, -0.05) is 45.5 Å². The van der Waals surface area contributed by atoms with Gasteiger partial charge in [-0.25, -0.2) is 4.98 Å². The van der Waals surface area contributed by atoms with Crippen LogP contribution in [-0.2, 0) is 4.79 Å². The maximum atomic E-state index is 13.3. The molecule has 2 aromatic heterocycles. The monoisotopic (exact) mass is 508 g/mol. The fourth-order valence-electron chi connectivity index (χ4n) is 4.00. The van der Waals surface area contributed by atoms with Gasteiger partial charge in [0.15, 0.2) is 16.7 Å². The molecule has 32 heavy (non-hydrogen) atoms. The number of nitrogens with zero attached hydrogens (tertiary/aromatic N) is 2. The highest BCUT2D eigenvalue weighted by atomic mass is 79.9. The molecule has 0 saturated heterocycles. The van der Waals surface area contributed by atoms with Gasteiger partial charge in [-0.05, 0) is 60.9 Å². The summed E-state index contributed by atoms with van der Waals surface area (Å²) in [6.45, 7) is 3.98. The van der Waals surface area contributed by atoms with Crippen molar-refractivity contribution >= 4 is 54.3 Å². The van der Waals surface area contributed by atoms with Gasteiger partial charge < -0.3 is 9.52 Å². The first-order chi connectivity index (χ1) is 15.3. The van der Waals surface area contributed by atoms with E-state index in [1.165, 1.54) is 28.6 Å². The second-order valence-electron chi connectivity index (χ2n) is 7.62. The normalized spacial score (nSPS) is 16.4. The van der Waals surface area contributed by atoms with Crippen LogP contribution in [0.5, 0.6) is 0 Å². The zero-order valence-electron chi connectivity index (χ0n) is 17.1. The van der Waals surface area contributed by atoms with E-state index in [9.17, 15) is 14.7 Å². The van der Waals surface area contributed by atoms with Crippen molar-refractivity contribution in [1.29, 1.82) is 0 Å². The molecule has 0 radical (unpaired) electrons. The minimum absolute atomic E-state index is 0.0283. The summed E-state index contributed by atoms with van der Waals surface area (Å²) < 4.78 is 7.06. The molecule has 0 saturated carbocycles. The van der Waals surface area contributed by atoms with Crippen LogP contribution in [0.2, 0.25) is 0 Å². The van der Waals surface area contributed by atoms with Crippen molar-refractivity contribution in [2.75, 3.05) is 4.90 Å². The minimum Gasteiger partial charge on any atom is -0.503 e. The fraction of sp³-hybridized carbons (Fsp3) is 0.125. The van der Waals surface area contributed by atoms with Gasteiger partial charge in [0, 0.05) is 4.47 Å². The molecule has 0 spiro atoms. The van der Waals surface area contributed by atoms with Crippen molar-refractivity contribution in [3.05, 3.63) is 93.0 Å². The van der Waals surface area contributed by atoms with Crippen molar-refractivity contribution in [1.82, 2.24) is 4.98 Å². The molecule has 8 heteroatoms. The first kappa shape index (κ1) is 20.7. The summed E-state index contributed by atoms with van der Waals surface area (Å²) in [6.07, 6.45) is 1.38. The van der Waals surface area contributed by atoms with Crippen LogP contribution >= 0.6 is 27.3 Å². The molecule has 3 heterocycles. The van der Waals surface area contributed by atoms with E-state index in [0.717, 1.165) is 25.8 Å². The predicted octanol–water partition coefficient (Wildman–Crippen LogP) is 6.05. The van der Waals surface area contributed by atoms with E-state index >= 15 is 0 Å². The Bertz CT molecular complexity index is 1400. The Morgan fingerprint density at radius 3 is 2.62 bits per heavy atom. The third-order valence-electron chi connectivity index (χ3n) is 5.41. The van der Waals surface area contributed by atoms with Gasteiger partial charge in [0.05, 0.1) is 28.1 Å². The van der Waals surface area contributed by atoms with Gasteiger partial charge in [-0.15, -0.1) is 0 Å². The van der Waals surface area contributed by atoms with Crippen LogP contribution in [0.1, 0.15) is 33.3 Å². The Balaban J connectivity index is 1.70. The summed E-state index contributed by atoms with van der Waals surface area (Å²) in [7, 11) is 0. The number of carbonyl (C=O) groups excluding carboxylic acids is 2. The number of aromatic nitrogens is 1. The summed E-state index contributed by atoms with van der Waals surface area (Å²) in [6, 6.07) is 13.6. The van der Waals surface area contributed by atoms with Crippen LogP contribution in [0.25, 0.3) is 10.2 Å². The number of carbonyl (C=O) groups is 2. The Labute approximate surface area is 195 Å². The lowest BCUT2D eigenvalue weighted by atomic mass is 9.95. The molecule has 2 aromatic carbocycles. The predicted molar refractivity (Wildman–Crippen MR) is 126 cm³/mol. The molecule has 4 aromatic rings. The number of aliphatic hydroxyl groups is 1. The number of thiazole rings is 1. The van der Waals surface area contributed by atoms with Crippen molar-refractivity contribution in [2.24, 2.45) is 0 Å². The third-order valence-corrected chi connectivity index (χ3v) is 6.94. The fourth-order valence-corrected chi connectivity index (χ4v) is 5.43. The number of benzene rings is 2. The van der Waals surface area contributed by atoms with E-state index < -0.39 is 23.5 Å². The van der Waals surface area contributed by atoms with E-state index in [0.29, 0.717) is 10.7 Å². The highest BCUT2D eigenvalue weighted by molar-refractivity contribution is 9.10. The van der Waals surface area contributed by atoms with E-state index in [4.69, 9.17) is 9.40 Å². The summed E-state index contributed by atoms with van der Waals surface area (Å²) >= 11 is 4.77. The number of fused-ring (bicyclic) bond motifs is 1. The number of hydrogen-bond acceptors (Lipinski definition) is 6. The molecule has 1 N–H and O–H groups in total. The SMILES string of the molecule is Cc1cc(C)c2nc(N3C(=O)C(O)=C(C(=O)c4ccco4)[C@@H]3c3ccc(Br)cc3)sc2c1. The van der Waals surface area contributed by atoms with Crippen molar-refractivity contribution in [3.8, 4) is 0 Å². The summed E-state index contributed by atoms with van der Waals surface area (Å²) in [4.78, 5) is 32.6. The standard InChI is InChI=1S/C24H17BrN2O4S/c1-12-10-13(2)19-17(11-12)32-24(26-19)27-20(14-5-7-15(25)8-6-14)18(22(29)23(27)30)21(28)16-4-3-9-31-16/h3-11,20,29H,1-2H3/t20-/m0/s1. The molecule has 1 aliphatic rings. The van der Waals surface area contributed by atoms with Crippen molar-refractivity contribution in [2.45, 2.75) is 19.9 Å². The number of aryl methyl sites for hydroxylation is 2. The second kappa shape index (κ2) is 7.72. The summed E-state index contributed by atoms with van der Waals surface area (Å²) in [5, 5.41) is 11.2. The number of furan rings is 1. The molecule has 1 atom stereocenters. The van der Waals surface area contributed by atoms with Crippen molar-refractivity contribution < 1.29 is 19.1 Å². The minimum atomic E-state index is -0.838. The molecule has 0 aliphatic carbocycles. The van der Waals surface area contributed by atoms with Crippen LogP contribution in [0.15, 0.2) is 75.0 Å². The smallest absolute Gasteiger partial charge is 0.296 e. The van der Waals surface area contributed by atoms with Gasteiger partial charge >= 0.3 is 0 Å². The van der Waals surface area contributed by atoms with Crippen LogP contribution < -0.4 is 4.90 Å². The molecule has 5 rings (SSSR count). The van der Waals surface area contributed by atoms with Gasteiger partial charge in [0.2, 0.25) is 5.78 Å². The summed E-state index contributed by atoms with van der Waals surface area (Å²) in [5.74, 6) is -1.74. The molecule has 0 bridgehead atoms. The molecule has 0 unspecified atom stereocenters. The largest absolute Gasteiger partial charge is 0.503 e. The Hall–Kier alpha value is -3.23. The third kappa shape index (κ3) is 3.27. The van der Waals surface area contributed by atoms with Gasteiger partial charge in [-0.3, -0.25) is 14.5 Å². The number of rotatable bonds is 4. The van der Waals surface area contributed by atoms with Gasteiger partial charge in [-0.2, -0.15) is 0 Å². The maximum absolute atomic E-state index is 13.3. The van der Waals surface area contributed by atoms with E-state index in [1.807, 2.05) is 50.2 Å². The van der Waals surface area contributed by atoms with Gasteiger partial charge in [0.25, 0.3) is 5.91 Å². The number of ketones is 1. The number of halogens is 1. The average molecular weight is 509 g/mol. The van der Waals surface area contributed by atoms with E-state index in [1.54, 1.807) is 6.07 Å². The summed E-state index contributed by atoms with van der Waals surface area (Å²) in [5.41, 5.74) is 3.53. The molecule has 0 fully saturated rings. The number of amides is 1. The Morgan fingerprint density at radius 2 is 1.94 bits per heavy atom. The average Bonchev–Trinajstić information content (AvgIpc) is 3.48. The molecule has 1 amide bonds. The van der Waals surface area contributed by atoms with Crippen LogP contribution in [0, 0.1) is 13.8 Å². The van der Waals surface area contributed by atoms with E-state index in [-0.39, 0.29) is 11.3 Å². The van der Waals surface area contributed by atoms with Crippen molar-refractivity contribution in [3.63, 3.8) is 0 Å². The lowest BCUT2D eigenvalue weighted by Gasteiger charge is -2.24. The number of anilines is 1. The highest BCUT2D eigenvalue weighted by Gasteiger charge is 2.46.